The van der Waals surface area contributed by atoms with Gasteiger partial charge in [0.05, 0.1) is 5.92 Å². The van der Waals surface area contributed by atoms with Crippen molar-refractivity contribution in [2.75, 3.05) is 0 Å². The van der Waals surface area contributed by atoms with E-state index >= 15 is 0 Å². The molecule has 0 bridgehead atoms. The monoisotopic (exact) mass is 185 g/mol. The molecule has 3 atom stereocenters. The number of hydrogen-bond acceptors (Lipinski definition) is 1. The third kappa shape index (κ3) is 2.33. The Kier molecular flexibility index (Phi) is 2.61. The molecule has 0 aromatic heterocycles. The van der Waals surface area contributed by atoms with Gasteiger partial charge in [-0.3, -0.25) is 0 Å². The fourth-order valence-corrected chi connectivity index (χ4v) is 1.56. The van der Waals surface area contributed by atoms with E-state index in [1.165, 1.54) is 0 Å². The van der Waals surface area contributed by atoms with E-state index in [1.807, 2.05) is 0 Å². The summed E-state index contributed by atoms with van der Waals surface area (Å²) in [7, 11) is 0. The molecule has 1 rings (SSSR count). The molecule has 12 heavy (non-hydrogen) atoms. The predicted octanol–water partition coefficient (Wildman–Crippen LogP) is 2.01. The van der Waals surface area contributed by atoms with Gasteiger partial charge < -0.3 is 5.73 Å². The Bertz CT molecular complexity index is 146. The Balaban J connectivity index is 2.55. The highest BCUT2D eigenvalue weighted by Crippen LogP contribution is 2.37. The maximum absolute atomic E-state index is 12.6. The van der Waals surface area contributed by atoms with Gasteiger partial charge in [-0.15, -0.1) is 0 Å². The van der Waals surface area contributed by atoms with E-state index in [0.717, 1.165) is 0 Å². The lowest BCUT2D eigenvalue weighted by atomic mass is 9.84. The number of nitrogens with two attached hydrogens (primary N) is 1. The first kappa shape index (κ1) is 9.77. The second kappa shape index (κ2) is 3.20. The normalized spacial score (nSPS) is 38.2. The molecule has 0 radical (unpaired) electrons. The van der Waals surface area contributed by atoms with Crippen LogP contribution in [-0.4, -0.2) is 18.4 Å². The van der Waals surface area contributed by atoms with Gasteiger partial charge >= 0.3 is 6.18 Å². The molecule has 1 saturated carbocycles. The third-order valence-electron chi connectivity index (χ3n) is 2.15. The van der Waals surface area contributed by atoms with Crippen LogP contribution in [0.5, 0.6) is 0 Å². The van der Waals surface area contributed by atoms with E-state index in [0.29, 0.717) is 0 Å². The Morgan fingerprint density at radius 3 is 2.08 bits per heavy atom. The molecular formula is C7H11F4N. The Morgan fingerprint density at radius 2 is 1.67 bits per heavy atom. The molecule has 1 fully saturated rings. The highest BCUT2D eigenvalue weighted by Gasteiger charge is 2.44. The molecule has 0 saturated heterocycles. The minimum absolute atomic E-state index is 0.0621. The van der Waals surface area contributed by atoms with Crippen molar-refractivity contribution in [2.45, 2.75) is 37.7 Å². The van der Waals surface area contributed by atoms with Gasteiger partial charge in [0.1, 0.15) is 6.17 Å². The van der Waals surface area contributed by atoms with Crippen molar-refractivity contribution >= 4 is 0 Å². The Hall–Kier alpha value is -0.320. The fraction of sp³-hybridized carbons (Fsp3) is 1.00. The van der Waals surface area contributed by atoms with Crippen LogP contribution in [0.15, 0.2) is 0 Å². The van der Waals surface area contributed by atoms with E-state index in [2.05, 4.69) is 0 Å². The zero-order chi connectivity index (χ0) is 9.35. The summed E-state index contributed by atoms with van der Waals surface area (Å²) in [6, 6.07) is -0.639. The van der Waals surface area contributed by atoms with Crippen molar-refractivity contribution in [1.82, 2.24) is 0 Å². The molecule has 0 aliphatic heterocycles. The molecule has 3 unspecified atom stereocenters. The molecular weight excluding hydrogens is 174 g/mol. The molecule has 2 N–H and O–H groups in total. The molecule has 0 aromatic carbocycles. The maximum Gasteiger partial charge on any atom is 0.391 e. The van der Waals surface area contributed by atoms with Crippen LogP contribution in [0.2, 0.25) is 0 Å². The lowest BCUT2D eigenvalue weighted by Crippen LogP contribution is -2.39. The van der Waals surface area contributed by atoms with Crippen LogP contribution in [0.4, 0.5) is 17.6 Å². The van der Waals surface area contributed by atoms with Crippen LogP contribution < -0.4 is 5.73 Å². The molecule has 0 amide bonds. The summed E-state index contributed by atoms with van der Waals surface area (Å²) in [5, 5.41) is 0. The van der Waals surface area contributed by atoms with E-state index < -0.39 is 30.7 Å². The average Bonchev–Trinajstić information content (AvgIpc) is 1.82. The van der Waals surface area contributed by atoms with Crippen LogP contribution in [0, 0.1) is 5.92 Å². The summed E-state index contributed by atoms with van der Waals surface area (Å²) >= 11 is 0. The molecule has 0 spiro atoms. The fourth-order valence-electron chi connectivity index (χ4n) is 1.56. The quantitative estimate of drug-likeness (QED) is 0.574. The number of hydrogen-bond donors (Lipinski definition) is 1. The van der Waals surface area contributed by atoms with Crippen molar-refractivity contribution in [3.63, 3.8) is 0 Å². The van der Waals surface area contributed by atoms with Gasteiger partial charge in [-0.1, -0.05) is 0 Å². The number of rotatable bonds is 0. The van der Waals surface area contributed by atoms with Gasteiger partial charge in [-0.05, 0) is 19.3 Å². The maximum atomic E-state index is 12.6. The van der Waals surface area contributed by atoms with Gasteiger partial charge in [0, 0.05) is 6.04 Å². The molecule has 0 aromatic rings. The van der Waals surface area contributed by atoms with E-state index in [4.69, 9.17) is 5.73 Å². The van der Waals surface area contributed by atoms with Crippen molar-refractivity contribution < 1.29 is 17.6 Å². The van der Waals surface area contributed by atoms with Crippen LogP contribution in [0.1, 0.15) is 19.3 Å². The summed E-state index contributed by atoms with van der Waals surface area (Å²) in [4.78, 5) is 0. The zero-order valence-corrected chi connectivity index (χ0v) is 6.44. The molecule has 5 heteroatoms. The Labute approximate surface area is 67.9 Å². The summed E-state index contributed by atoms with van der Waals surface area (Å²) in [6.45, 7) is 0. The smallest absolute Gasteiger partial charge is 0.328 e. The van der Waals surface area contributed by atoms with Gasteiger partial charge in [0.2, 0.25) is 0 Å². The standard InChI is InChI=1S/C7H11F4N/c8-5-1-4(7(9,10)11)2-6(12)3-5/h4-6H,1-3,12H2. The number of halogens is 4. The second-order valence-corrected chi connectivity index (χ2v) is 3.30. The van der Waals surface area contributed by atoms with Gasteiger partial charge in [-0.2, -0.15) is 13.2 Å². The zero-order valence-electron chi connectivity index (χ0n) is 6.44. The summed E-state index contributed by atoms with van der Waals surface area (Å²) in [5.41, 5.74) is 5.27. The lowest BCUT2D eigenvalue weighted by molar-refractivity contribution is -0.187. The van der Waals surface area contributed by atoms with E-state index in [-0.39, 0.29) is 12.8 Å². The molecule has 1 nitrogen and oxygen atoms in total. The minimum atomic E-state index is -4.29. The van der Waals surface area contributed by atoms with Gasteiger partial charge in [0.15, 0.2) is 0 Å². The van der Waals surface area contributed by atoms with Crippen LogP contribution in [0.3, 0.4) is 0 Å². The van der Waals surface area contributed by atoms with Gasteiger partial charge in [-0.25, -0.2) is 4.39 Å². The first-order valence-electron chi connectivity index (χ1n) is 3.86. The third-order valence-corrected chi connectivity index (χ3v) is 2.15. The van der Waals surface area contributed by atoms with Gasteiger partial charge in [0.25, 0.3) is 0 Å². The average molecular weight is 185 g/mol. The number of alkyl halides is 4. The molecule has 1 aliphatic carbocycles. The van der Waals surface area contributed by atoms with Crippen LogP contribution >= 0.6 is 0 Å². The second-order valence-electron chi connectivity index (χ2n) is 3.30. The van der Waals surface area contributed by atoms with E-state index in [1.54, 1.807) is 0 Å². The molecule has 72 valence electrons. The van der Waals surface area contributed by atoms with Crippen molar-refractivity contribution in [3.05, 3.63) is 0 Å². The van der Waals surface area contributed by atoms with Crippen molar-refractivity contribution in [3.8, 4) is 0 Å². The first-order valence-corrected chi connectivity index (χ1v) is 3.86. The highest BCUT2D eigenvalue weighted by atomic mass is 19.4. The minimum Gasteiger partial charge on any atom is -0.328 e. The van der Waals surface area contributed by atoms with Crippen molar-refractivity contribution in [1.29, 1.82) is 0 Å². The molecule has 0 heterocycles. The largest absolute Gasteiger partial charge is 0.391 e. The lowest BCUT2D eigenvalue weighted by Gasteiger charge is -2.30. The van der Waals surface area contributed by atoms with E-state index in [9.17, 15) is 17.6 Å². The van der Waals surface area contributed by atoms with Crippen LogP contribution in [0.25, 0.3) is 0 Å². The van der Waals surface area contributed by atoms with Crippen LogP contribution in [-0.2, 0) is 0 Å². The van der Waals surface area contributed by atoms with Crippen molar-refractivity contribution in [2.24, 2.45) is 11.7 Å². The summed E-state index contributed by atoms with van der Waals surface area (Å²) < 4.78 is 48.8. The topological polar surface area (TPSA) is 26.0 Å². The summed E-state index contributed by atoms with van der Waals surface area (Å²) in [5.74, 6) is -1.55. The Morgan fingerprint density at radius 1 is 1.08 bits per heavy atom. The highest BCUT2D eigenvalue weighted by molar-refractivity contribution is 4.84. The SMILES string of the molecule is NC1CC(F)CC(C(F)(F)F)C1. The molecule has 1 aliphatic rings. The summed E-state index contributed by atoms with van der Waals surface area (Å²) in [6.07, 6.45) is -6.17. The predicted molar refractivity (Wildman–Crippen MR) is 36.3 cm³/mol. The first-order chi connectivity index (χ1) is 5.39.